The molecular formula is C16H22N4O. The Morgan fingerprint density at radius 1 is 1.29 bits per heavy atom. The molecule has 1 heterocycles. The summed E-state index contributed by atoms with van der Waals surface area (Å²) < 4.78 is 1.90. The molecule has 0 aliphatic carbocycles. The third-order valence-electron chi connectivity index (χ3n) is 3.46. The van der Waals surface area contributed by atoms with Crippen molar-refractivity contribution in [2.45, 2.75) is 19.4 Å². The number of carbonyl (C=O) groups is 1. The van der Waals surface area contributed by atoms with Crippen molar-refractivity contribution in [2.24, 2.45) is 7.05 Å². The van der Waals surface area contributed by atoms with Crippen LogP contribution in [-0.4, -0.2) is 29.6 Å². The first-order chi connectivity index (χ1) is 10.1. The molecule has 0 bridgehead atoms. The Hall–Kier alpha value is -2.30. The van der Waals surface area contributed by atoms with E-state index in [1.165, 1.54) is 5.56 Å². The van der Waals surface area contributed by atoms with Gasteiger partial charge in [0.1, 0.15) is 5.82 Å². The van der Waals surface area contributed by atoms with E-state index in [9.17, 15) is 4.79 Å². The largest absolute Gasteiger partial charge is 0.378 e. The highest BCUT2D eigenvalue weighted by Crippen LogP contribution is 2.13. The fraction of sp³-hybridized carbons (Fsp3) is 0.375. The lowest BCUT2D eigenvalue weighted by atomic mass is 10.1. The van der Waals surface area contributed by atoms with Crippen molar-refractivity contribution in [1.82, 2.24) is 14.9 Å². The van der Waals surface area contributed by atoms with Crippen LogP contribution in [0.2, 0.25) is 0 Å². The van der Waals surface area contributed by atoms with Gasteiger partial charge in [-0.05, 0) is 24.1 Å². The van der Waals surface area contributed by atoms with Crippen LogP contribution in [0, 0.1) is 0 Å². The molecule has 0 saturated carbocycles. The van der Waals surface area contributed by atoms with Crippen LogP contribution < -0.4 is 10.2 Å². The highest BCUT2D eigenvalue weighted by molar-refractivity contribution is 5.76. The number of imidazole rings is 1. The van der Waals surface area contributed by atoms with E-state index >= 15 is 0 Å². The Kier molecular flexibility index (Phi) is 4.98. The maximum absolute atomic E-state index is 11.8. The van der Waals surface area contributed by atoms with E-state index in [2.05, 4.69) is 39.5 Å². The summed E-state index contributed by atoms with van der Waals surface area (Å²) in [5.41, 5.74) is 2.34. The van der Waals surface area contributed by atoms with Gasteiger partial charge in [0.2, 0.25) is 5.91 Å². The van der Waals surface area contributed by atoms with Gasteiger partial charge in [-0.3, -0.25) is 4.79 Å². The first-order valence-corrected chi connectivity index (χ1v) is 7.05. The number of nitrogens with zero attached hydrogens (tertiary/aromatic N) is 3. The number of rotatable bonds is 6. The fourth-order valence-corrected chi connectivity index (χ4v) is 2.05. The van der Waals surface area contributed by atoms with Crippen molar-refractivity contribution >= 4 is 11.6 Å². The molecule has 0 saturated heterocycles. The maximum Gasteiger partial charge on any atom is 0.220 e. The van der Waals surface area contributed by atoms with Gasteiger partial charge in [-0.1, -0.05) is 12.1 Å². The zero-order valence-electron chi connectivity index (χ0n) is 12.8. The Balaban J connectivity index is 1.77. The minimum Gasteiger partial charge on any atom is -0.378 e. The van der Waals surface area contributed by atoms with Crippen LogP contribution in [0.3, 0.4) is 0 Å². The number of aromatic nitrogens is 2. The molecule has 0 aliphatic heterocycles. The second kappa shape index (κ2) is 6.92. The van der Waals surface area contributed by atoms with Crippen LogP contribution >= 0.6 is 0 Å². The summed E-state index contributed by atoms with van der Waals surface area (Å²) in [6.07, 6.45) is 4.84. The van der Waals surface area contributed by atoms with Crippen molar-refractivity contribution in [3.8, 4) is 0 Å². The second-order valence-electron chi connectivity index (χ2n) is 5.29. The van der Waals surface area contributed by atoms with E-state index < -0.39 is 0 Å². The Bertz CT molecular complexity index is 587. The molecule has 0 aliphatic rings. The Labute approximate surface area is 125 Å². The molecule has 0 spiro atoms. The van der Waals surface area contributed by atoms with E-state index in [-0.39, 0.29) is 5.91 Å². The van der Waals surface area contributed by atoms with Crippen LogP contribution in [0.25, 0.3) is 0 Å². The van der Waals surface area contributed by atoms with Gasteiger partial charge < -0.3 is 14.8 Å². The SMILES string of the molecule is CN(C)c1ccc(CCC(=O)NCc2nccn2C)cc1. The topological polar surface area (TPSA) is 50.2 Å². The molecule has 5 heteroatoms. The monoisotopic (exact) mass is 286 g/mol. The van der Waals surface area contributed by atoms with Crippen molar-refractivity contribution in [1.29, 1.82) is 0 Å². The van der Waals surface area contributed by atoms with E-state index in [0.29, 0.717) is 13.0 Å². The molecule has 5 nitrogen and oxygen atoms in total. The summed E-state index contributed by atoms with van der Waals surface area (Å²) in [6, 6.07) is 8.28. The summed E-state index contributed by atoms with van der Waals surface area (Å²) in [5, 5.41) is 2.90. The molecule has 0 atom stereocenters. The quantitative estimate of drug-likeness (QED) is 0.880. The van der Waals surface area contributed by atoms with E-state index in [1.54, 1.807) is 6.20 Å². The Morgan fingerprint density at radius 2 is 2.00 bits per heavy atom. The lowest BCUT2D eigenvalue weighted by Crippen LogP contribution is -2.24. The molecule has 2 rings (SSSR count). The van der Waals surface area contributed by atoms with Gasteiger partial charge in [-0.2, -0.15) is 0 Å². The summed E-state index contributed by atoms with van der Waals surface area (Å²) in [5.74, 6) is 0.911. The van der Waals surface area contributed by atoms with Gasteiger partial charge in [0.15, 0.2) is 0 Å². The zero-order valence-corrected chi connectivity index (χ0v) is 12.8. The van der Waals surface area contributed by atoms with Crippen molar-refractivity contribution in [3.05, 3.63) is 48.0 Å². The molecule has 21 heavy (non-hydrogen) atoms. The second-order valence-corrected chi connectivity index (χ2v) is 5.29. The molecule has 0 unspecified atom stereocenters. The predicted octanol–water partition coefficient (Wildman–Crippen LogP) is 1.74. The van der Waals surface area contributed by atoms with Crippen molar-refractivity contribution < 1.29 is 4.79 Å². The number of nitrogens with one attached hydrogen (secondary N) is 1. The highest BCUT2D eigenvalue weighted by atomic mass is 16.1. The summed E-state index contributed by atoms with van der Waals surface area (Å²) >= 11 is 0. The van der Waals surface area contributed by atoms with Gasteiger partial charge in [0.05, 0.1) is 6.54 Å². The zero-order chi connectivity index (χ0) is 15.2. The van der Waals surface area contributed by atoms with Crippen LogP contribution in [0.15, 0.2) is 36.7 Å². The molecule has 1 aromatic carbocycles. The summed E-state index contributed by atoms with van der Waals surface area (Å²) in [6.45, 7) is 0.474. The van der Waals surface area contributed by atoms with Crippen LogP contribution in [0.4, 0.5) is 5.69 Å². The first-order valence-electron chi connectivity index (χ1n) is 7.05. The molecule has 112 valence electrons. The number of amides is 1. The molecule has 2 aromatic rings. The van der Waals surface area contributed by atoms with E-state index in [4.69, 9.17) is 0 Å². The summed E-state index contributed by atoms with van der Waals surface area (Å²) in [7, 11) is 5.95. The lowest BCUT2D eigenvalue weighted by molar-refractivity contribution is -0.121. The number of aryl methyl sites for hydroxylation is 2. The molecular weight excluding hydrogens is 264 g/mol. The molecule has 1 amide bonds. The third-order valence-corrected chi connectivity index (χ3v) is 3.46. The number of hydrogen-bond acceptors (Lipinski definition) is 3. The number of anilines is 1. The molecule has 0 radical (unpaired) electrons. The minimum atomic E-state index is 0.0506. The third kappa shape index (κ3) is 4.34. The van der Waals surface area contributed by atoms with E-state index in [0.717, 1.165) is 17.9 Å². The van der Waals surface area contributed by atoms with E-state index in [1.807, 2.05) is 31.9 Å². The molecule has 0 fully saturated rings. The summed E-state index contributed by atoms with van der Waals surface area (Å²) in [4.78, 5) is 18.1. The van der Waals surface area contributed by atoms with Gasteiger partial charge in [0.25, 0.3) is 0 Å². The van der Waals surface area contributed by atoms with Crippen molar-refractivity contribution in [3.63, 3.8) is 0 Å². The number of carbonyl (C=O) groups excluding carboxylic acids is 1. The number of benzene rings is 1. The van der Waals surface area contributed by atoms with Crippen LogP contribution in [0.5, 0.6) is 0 Å². The lowest BCUT2D eigenvalue weighted by Gasteiger charge is -2.12. The molecule has 1 aromatic heterocycles. The normalized spacial score (nSPS) is 10.4. The Morgan fingerprint density at radius 3 is 2.57 bits per heavy atom. The average molecular weight is 286 g/mol. The average Bonchev–Trinajstić information content (AvgIpc) is 2.88. The maximum atomic E-state index is 11.8. The van der Waals surface area contributed by atoms with Crippen LogP contribution in [0.1, 0.15) is 17.8 Å². The van der Waals surface area contributed by atoms with Gasteiger partial charge in [0, 0.05) is 45.6 Å². The first kappa shape index (κ1) is 15.1. The minimum absolute atomic E-state index is 0.0506. The van der Waals surface area contributed by atoms with Gasteiger partial charge in [-0.15, -0.1) is 0 Å². The standard InChI is InChI=1S/C16H22N4O/c1-19(2)14-7-4-13(5-8-14)6-9-16(21)18-12-15-17-10-11-20(15)3/h4-5,7-8,10-11H,6,9,12H2,1-3H3,(H,18,21). The molecule has 1 N–H and O–H groups in total. The smallest absolute Gasteiger partial charge is 0.220 e. The van der Waals surface area contributed by atoms with Crippen LogP contribution in [-0.2, 0) is 24.8 Å². The predicted molar refractivity (Wildman–Crippen MR) is 84.1 cm³/mol. The van der Waals surface area contributed by atoms with Crippen molar-refractivity contribution in [2.75, 3.05) is 19.0 Å². The van der Waals surface area contributed by atoms with Gasteiger partial charge in [-0.25, -0.2) is 4.98 Å². The van der Waals surface area contributed by atoms with Gasteiger partial charge >= 0.3 is 0 Å². The fourth-order valence-electron chi connectivity index (χ4n) is 2.05. The highest BCUT2D eigenvalue weighted by Gasteiger charge is 2.05. The number of hydrogen-bond donors (Lipinski definition) is 1.